The van der Waals surface area contributed by atoms with E-state index in [4.69, 9.17) is 0 Å². The fraction of sp³-hybridized carbons (Fsp3) is 0.455. The summed E-state index contributed by atoms with van der Waals surface area (Å²) in [5.74, 6) is -1.00. The number of nitrogens with zero attached hydrogens (tertiary/aromatic N) is 3. The van der Waals surface area contributed by atoms with Crippen molar-refractivity contribution in [2.75, 3.05) is 18.0 Å². The molecular weight excluding hydrogens is 398 g/mol. The van der Waals surface area contributed by atoms with Crippen LogP contribution in [0.2, 0.25) is 0 Å². The Morgan fingerprint density at radius 3 is 2.63 bits per heavy atom. The number of halogens is 4. The van der Waals surface area contributed by atoms with E-state index in [0.717, 1.165) is 6.20 Å². The van der Waals surface area contributed by atoms with Gasteiger partial charge < -0.3 is 9.80 Å². The summed E-state index contributed by atoms with van der Waals surface area (Å²) in [5.41, 5.74) is -1.87. The number of benzene rings is 1. The van der Waals surface area contributed by atoms with Crippen molar-refractivity contribution in [1.29, 1.82) is 0 Å². The zero-order chi connectivity index (χ0) is 21.7. The van der Waals surface area contributed by atoms with Gasteiger partial charge in [0.25, 0.3) is 5.91 Å². The molecule has 2 aromatic rings. The number of rotatable bonds is 2. The van der Waals surface area contributed by atoms with Crippen LogP contribution in [-0.4, -0.2) is 40.0 Å². The van der Waals surface area contributed by atoms with Gasteiger partial charge in [-0.25, -0.2) is 4.39 Å². The molecule has 3 heterocycles. The third-order valence-corrected chi connectivity index (χ3v) is 6.21. The summed E-state index contributed by atoms with van der Waals surface area (Å²) in [6, 6.07) is 8.80. The maximum absolute atomic E-state index is 13.8. The molecule has 160 valence electrons. The van der Waals surface area contributed by atoms with Gasteiger partial charge in [-0.15, -0.1) is 0 Å². The third-order valence-electron chi connectivity index (χ3n) is 6.21. The van der Waals surface area contributed by atoms with Gasteiger partial charge in [0.2, 0.25) is 0 Å². The number of carbonyl (C=O) groups is 1. The lowest BCUT2D eigenvalue weighted by Crippen LogP contribution is -2.49. The second kappa shape index (κ2) is 6.96. The maximum Gasteiger partial charge on any atom is 0.434 e. The molecule has 1 atom stereocenters. The van der Waals surface area contributed by atoms with E-state index in [2.05, 4.69) is 9.88 Å². The van der Waals surface area contributed by atoms with Crippen LogP contribution in [0.15, 0.2) is 42.6 Å². The number of aromatic nitrogens is 1. The van der Waals surface area contributed by atoms with Crippen molar-refractivity contribution in [3.8, 4) is 0 Å². The first-order valence-electron chi connectivity index (χ1n) is 9.91. The van der Waals surface area contributed by atoms with Crippen molar-refractivity contribution in [3.63, 3.8) is 0 Å². The molecule has 0 aliphatic carbocycles. The Balaban J connectivity index is 1.70. The number of anilines is 1. The molecule has 4 rings (SSSR count). The van der Waals surface area contributed by atoms with E-state index in [-0.39, 0.29) is 5.82 Å². The summed E-state index contributed by atoms with van der Waals surface area (Å²) >= 11 is 0. The van der Waals surface area contributed by atoms with Crippen LogP contribution < -0.4 is 4.90 Å². The summed E-state index contributed by atoms with van der Waals surface area (Å²) in [6.45, 7) is 4.85. The Kier molecular flexibility index (Phi) is 4.78. The molecule has 2 saturated heterocycles. The summed E-state index contributed by atoms with van der Waals surface area (Å²) in [6.07, 6.45) is -1.68. The van der Waals surface area contributed by atoms with Crippen LogP contribution in [0.3, 0.4) is 0 Å². The van der Waals surface area contributed by atoms with E-state index in [1.54, 1.807) is 11.0 Å². The van der Waals surface area contributed by atoms with E-state index in [1.165, 1.54) is 24.3 Å². The van der Waals surface area contributed by atoms with E-state index in [9.17, 15) is 22.4 Å². The largest absolute Gasteiger partial charge is 0.434 e. The van der Waals surface area contributed by atoms with Crippen LogP contribution >= 0.6 is 0 Å². The highest BCUT2D eigenvalue weighted by molar-refractivity contribution is 5.96. The zero-order valence-corrected chi connectivity index (χ0v) is 16.8. The Hall–Kier alpha value is -2.64. The molecule has 0 N–H and O–H groups in total. The highest BCUT2D eigenvalue weighted by Crippen LogP contribution is 2.47. The van der Waals surface area contributed by atoms with Crippen molar-refractivity contribution in [1.82, 2.24) is 9.88 Å². The van der Waals surface area contributed by atoms with E-state index in [1.807, 2.05) is 19.9 Å². The predicted octanol–water partition coefficient (Wildman–Crippen LogP) is 4.90. The maximum atomic E-state index is 13.8. The lowest BCUT2D eigenvalue weighted by Gasteiger charge is -2.35. The molecule has 0 bridgehead atoms. The van der Waals surface area contributed by atoms with Crippen LogP contribution in [0, 0.1) is 5.82 Å². The van der Waals surface area contributed by atoms with Gasteiger partial charge in [0.05, 0.1) is 11.1 Å². The fourth-order valence-corrected chi connectivity index (χ4v) is 5.10. The van der Waals surface area contributed by atoms with Crippen molar-refractivity contribution in [2.45, 2.75) is 50.4 Å². The Morgan fingerprint density at radius 2 is 1.93 bits per heavy atom. The van der Waals surface area contributed by atoms with Crippen LogP contribution in [0.25, 0.3) is 0 Å². The number of pyridine rings is 1. The SMILES string of the molecule is CC1(C)CC2(CCCN2C(=O)c2cccnc2C(F)(F)F)CN1c1cccc(F)c1. The van der Waals surface area contributed by atoms with E-state index in [0.29, 0.717) is 38.0 Å². The molecule has 1 spiro atoms. The Bertz CT molecular complexity index is 975. The molecule has 2 aliphatic heterocycles. The topological polar surface area (TPSA) is 36.4 Å². The van der Waals surface area contributed by atoms with Gasteiger partial charge in [-0.1, -0.05) is 6.07 Å². The minimum atomic E-state index is -4.71. The van der Waals surface area contributed by atoms with Crippen molar-refractivity contribution in [2.24, 2.45) is 0 Å². The standard InChI is InChI=1S/C22H23F4N3O/c1-20(2)13-21(14-29(20)16-7-3-6-15(23)12-16)9-5-11-28(21)19(30)17-8-4-10-27-18(17)22(24,25)26/h3-4,6-8,10,12H,5,9,11,13-14H2,1-2H3. The number of likely N-dealkylation sites (tertiary alicyclic amines) is 1. The van der Waals surface area contributed by atoms with Gasteiger partial charge >= 0.3 is 6.18 Å². The molecule has 1 aromatic carbocycles. The number of amides is 1. The minimum absolute atomic E-state index is 0.353. The smallest absolute Gasteiger partial charge is 0.364 e. The summed E-state index contributed by atoms with van der Waals surface area (Å²) in [5, 5.41) is 0. The third kappa shape index (κ3) is 3.42. The molecular formula is C22H23F4N3O. The van der Waals surface area contributed by atoms with E-state index < -0.39 is 34.4 Å². The molecule has 1 amide bonds. The molecule has 2 fully saturated rings. The van der Waals surface area contributed by atoms with Crippen LogP contribution in [0.4, 0.5) is 23.2 Å². The highest BCUT2D eigenvalue weighted by Gasteiger charge is 2.55. The molecule has 0 saturated carbocycles. The molecule has 1 aromatic heterocycles. The van der Waals surface area contributed by atoms with Gasteiger partial charge in [-0.2, -0.15) is 13.2 Å². The average Bonchev–Trinajstić information content (AvgIpc) is 3.19. The summed E-state index contributed by atoms with van der Waals surface area (Å²) in [4.78, 5) is 20.4. The molecule has 8 heteroatoms. The normalized spacial score (nSPS) is 23.4. The van der Waals surface area contributed by atoms with Gasteiger partial charge in [0.15, 0.2) is 5.69 Å². The number of hydrogen-bond acceptors (Lipinski definition) is 3. The first-order chi connectivity index (χ1) is 14.0. The number of carbonyl (C=O) groups excluding carboxylic acids is 1. The van der Waals surface area contributed by atoms with Crippen LogP contribution in [0.5, 0.6) is 0 Å². The minimum Gasteiger partial charge on any atom is -0.364 e. The Morgan fingerprint density at radius 1 is 1.17 bits per heavy atom. The summed E-state index contributed by atoms with van der Waals surface area (Å²) < 4.78 is 54.1. The molecule has 4 nitrogen and oxygen atoms in total. The predicted molar refractivity (Wildman–Crippen MR) is 105 cm³/mol. The Labute approximate surface area is 172 Å². The average molecular weight is 421 g/mol. The molecule has 1 unspecified atom stereocenters. The fourth-order valence-electron chi connectivity index (χ4n) is 5.10. The second-order valence-electron chi connectivity index (χ2n) is 8.74. The van der Waals surface area contributed by atoms with Gasteiger partial charge in [-0.05, 0) is 63.4 Å². The van der Waals surface area contributed by atoms with Gasteiger partial charge in [0.1, 0.15) is 5.82 Å². The lowest BCUT2D eigenvalue weighted by molar-refractivity contribution is -0.141. The first kappa shape index (κ1) is 20.6. The quantitative estimate of drug-likeness (QED) is 0.647. The second-order valence-corrected chi connectivity index (χ2v) is 8.74. The number of alkyl halides is 3. The molecule has 0 radical (unpaired) electrons. The van der Waals surface area contributed by atoms with Crippen molar-refractivity contribution in [3.05, 3.63) is 59.7 Å². The molecule has 2 aliphatic rings. The zero-order valence-electron chi connectivity index (χ0n) is 16.8. The van der Waals surface area contributed by atoms with Gasteiger partial charge in [0, 0.05) is 30.5 Å². The van der Waals surface area contributed by atoms with Crippen molar-refractivity contribution < 1.29 is 22.4 Å². The monoisotopic (exact) mass is 421 g/mol. The highest BCUT2D eigenvalue weighted by atomic mass is 19.4. The molecule has 30 heavy (non-hydrogen) atoms. The van der Waals surface area contributed by atoms with Crippen LogP contribution in [-0.2, 0) is 6.18 Å². The first-order valence-corrected chi connectivity index (χ1v) is 9.91. The number of hydrogen-bond donors (Lipinski definition) is 0. The van der Waals surface area contributed by atoms with Crippen LogP contribution in [0.1, 0.15) is 49.2 Å². The van der Waals surface area contributed by atoms with E-state index >= 15 is 0 Å². The van der Waals surface area contributed by atoms with Crippen molar-refractivity contribution >= 4 is 11.6 Å². The summed E-state index contributed by atoms with van der Waals surface area (Å²) in [7, 11) is 0. The van der Waals surface area contributed by atoms with Gasteiger partial charge in [-0.3, -0.25) is 9.78 Å². The lowest BCUT2D eigenvalue weighted by atomic mass is 9.87.